The summed E-state index contributed by atoms with van der Waals surface area (Å²) < 4.78 is 4.89. The zero-order valence-electron chi connectivity index (χ0n) is 8.23. The van der Waals surface area contributed by atoms with Crippen LogP contribution in [0.1, 0.15) is 12.8 Å². The van der Waals surface area contributed by atoms with Crippen molar-refractivity contribution in [2.24, 2.45) is 4.99 Å². The number of carbonyl (C=O) groups is 1. The van der Waals surface area contributed by atoms with Gasteiger partial charge in [0.1, 0.15) is 0 Å². The van der Waals surface area contributed by atoms with E-state index in [9.17, 15) is 9.59 Å². The molecule has 78 valence electrons. The summed E-state index contributed by atoms with van der Waals surface area (Å²) in [5, 5.41) is 0. The number of rotatable bonds is 5. The van der Waals surface area contributed by atoms with Gasteiger partial charge in [-0.15, -0.1) is 0 Å². The van der Waals surface area contributed by atoms with Crippen LogP contribution >= 0.6 is 0 Å². The van der Waals surface area contributed by atoms with Crippen molar-refractivity contribution in [3.8, 4) is 0 Å². The third-order valence-corrected chi connectivity index (χ3v) is 2.21. The third kappa shape index (κ3) is 2.94. The van der Waals surface area contributed by atoms with Crippen molar-refractivity contribution in [1.29, 1.82) is 0 Å². The van der Waals surface area contributed by atoms with Gasteiger partial charge in [-0.1, -0.05) is 0 Å². The summed E-state index contributed by atoms with van der Waals surface area (Å²) in [5.41, 5.74) is 0. The molecular weight excluding hydrogens is 184 g/mol. The molecule has 0 spiro atoms. The van der Waals surface area contributed by atoms with Crippen LogP contribution in [0, 0.1) is 0 Å². The van der Waals surface area contributed by atoms with Gasteiger partial charge in [-0.05, 0) is 6.42 Å². The van der Waals surface area contributed by atoms with E-state index in [1.807, 2.05) is 0 Å². The molecule has 0 aliphatic carbocycles. The van der Waals surface area contributed by atoms with E-state index in [0.29, 0.717) is 26.1 Å². The fraction of sp³-hybridized carbons (Fsp3) is 0.778. The van der Waals surface area contributed by atoms with Gasteiger partial charge < -0.3 is 9.64 Å². The first-order valence-corrected chi connectivity index (χ1v) is 4.61. The minimum Gasteiger partial charge on any atom is -0.385 e. The number of likely N-dealkylation sites (tertiary alicyclic amines) is 1. The van der Waals surface area contributed by atoms with Gasteiger partial charge in [0.15, 0.2) is 0 Å². The molecular formula is C9H14N2O3. The molecule has 0 aromatic rings. The van der Waals surface area contributed by atoms with Crippen molar-refractivity contribution in [1.82, 2.24) is 4.90 Å². The van der Waals surface area contributed by atoms with Gasteiger partial charge in [0.25, 0.3) is 0 Å². The Bertz CT molecular complexity index is 248. The molecule has 1 amide bonds. The van der Waals surface area contributed by atoms with Crippen molar-refractivity contribution in [2.75, 3.05) is 26.8 Å². The van der Waals surface area contributed by atoms with Gasteiger partial charge in [0.2, 0.25) is 12.0 Å². The number of nitrogens with zero attached hydrogens (tertiary/aromatic N) is 2. The average molecular weight is 198 g/mol. The molecule has 0 N–H and O–H groups in total. The van der Waals surface area contributed by atoms with Crippen molar-refractivity contribution in [3.63, 3.8) is 0 Å². The van der Waals surface area contributed by atoms with Gasteiger partial charge >= 0.3 is 0 Å². The van der Waals surface area contributed by atoms with Crippen LogP contribution in [0.25, 0.3) is 0 Å². The van der Waals surface area contributed by atoms with Crippen molar-refractivity contribution < 1.29 is 14.3 Å². The minimum atomic E-state index is -0.192. The third-order valence-electron chi connectivity index (χ3n) is 2.21. The maximum absolute atomic E-state index is 11.3. The molecule has 0 aromatic carbocycles. The highest BCUT2D eigenvalue weighted by Crippen LogP contribution is 2.13. The van der Waals surface area contributed by atoms with Crippen LogP contribution in [-0.4, -0.2) is 49.7 Å². The van der Waals surface area contributed by atoms with Crippen LogP contribution in [0.2, 0.25) is 0 Å². The molecule has 5 nitrogen and oxygen atoms in total. The highest BCUT2D eigenvalue weighted by molar-refractivity contribution is 5.79. The maximum Gasteiger partial charge on any atom is 0.235 e. The zero-order chi connectivity index (χ0) is 10.4. The molecule has 0 saturated carbocycles. The number of hydrogen-bond acceptors (Lipinski definition) is 4. The molecule has 1 unspecified atom stereocenters. The van der Waals surface area contributed by atoms with Crippen LogP contribution < -0.4 is 0 Å². The molecule has 0 aromatic heterocycles. The molecule has 1 rings (SSSR count). The van der Waals surface area contributed by atoms with Crippen LogP contribution in [0.3, 0.4) is 0 Å². The van der Waals surface area contributed by atoms with Gasteiger partial charge in [-0.3, -0.25) is 4.79 Å². The number of methoxy groups -OCH3 is 1. The molecule has 1 atom stereocenters. The molecule has 1 saturated heterocycles. The van der Waals surface area contributed by atoms with E-state index in [4.69, 9.17) is 4.74 Å². The molecule has 1 heterocycles. The molecule has 0 radical (unpaired) electrons. The topological polar surface area (TPSA) is 59.0 Å². The Morgan fingerprint density at radius 3 is 3.14 bits per heavy atom. The quantitative estimate of drug-likeness (QED) is 0.354. The Morgan fingerprint density at radius 1 is 1.71 bits per heavy atom. The monoisotopic (exact) mass is 198 g/mol. The summed E-state index contributed by atoms with van der Waals surface area (Å²) in [6.07, 6.45) is 2.64. The summed E-state index contributed by atoms with van der Waals surface area (Å²) in [6.45, 7) is 1.86. The standard InChI is InChI=1S/C9H14N2O3/c1-14-4-2-3-11-6-8(10-7-12)5-9(11)13/h8H,2-6H2,1H3. The first-order chi connectivity index (χ1) is 6.77. The number of isocyanates is 1. The second kappa shape index (κ2) is 5.52. The van der Waals surface area contributed by atoms with Crippen LogP contribution in [0.4, 0.5) is 0 Å². The molecule has 1 aliphatic heterocycles. The Kier molecular flexibility index (Phi) is 4.29. The first-order valence-electron chi connectivity index (χ1n) is 4.61. The van der Waals surface area contributed by atoms with Gasteiger partial charge in [-0.2, -0.15) is 0 Å². The van der Waals surface area contributed by atoms with Gasteiger partial charge in [0.05, 0.1) is 12.5 Å². The van der Waals surface area contributed by atoms with Crippen molar-refractivity contribution in [3.05, 3.63) is 0 Å². The number of hydrogen-bond donors (Lipinski definition) is 0. The van der Waals surface area contributed by atoms with E-state index in [1.54, 1.807) is 12.0 Å². The van der Waals surface area contributed by atoms with E-state index in [1.165, 1.54) is 6.08 Å². The Hall–Kier alpha value is -1.19. The number of carbonyl (C=O) groups excluding carboxylic acids is 2. The average Bonchev–Trinajstić information content (AvgIpc) is 2.48. The maximum atomic E-state index is 11.3. The number of aliphatic imine (C=N–C) groups is 1. The lowest BCUT2D eigenvalue weighted by Crippen LogP contribution is -2.27. The minimum absolute atomic E-state index is 0.0603. The summed E-state index contributed by atoms with van der Waals surface area (Å²) in [4.78, 5) is 26.6. The van der Waals surface area contributed by atoms with E-state index in [0.717, 1.165) is 6.42 Å². The summed E-state index contributed by atoms with van der Waals surface area (Å²) in [6, 6.07) is -0.192. The predicted molar refractivity (Wildman–Crippen MR) is 49.6 cm³/mol. The second-order valence-corrected chi connectivity index (χ2v) is 3.26. The van der Waals surface area contributed by atoms with Crippen LogP contribution in [-0.2, 0) is 14.3 Å². The van der Waals surface area contributed by atoms with E-state index in [2.05, 4.69) is 4.99 Å². The lowest BCUT2D eigenvalue weighted by molar-refractivity contribution is -0.127. The summed E-state index contributed by atoms with van der Waals surface area (Å²) in [5.74, 6) is 0.0603. The van der Waals surface area contributed by atoms with Gasteiger partial charge in [0, 0.05) is 26.8 Å². The van der Waals surface area contributed by atoms with E-state index < -0.39 is 0 Å². The Morgan fingerprint density at radius 2 is 2.50 bits per heavy atom. The molecule has 14 heavy (non-hydrogen) atoms. The Labute approximate surface area is 82.7 Å². The second-order valence-electron chi connectivity index (χ2n) is 3.26. The van der Waals surface area contributed by atoms with Crippen molar-refractivity contribution in [2.45, 2.75) is 18.9 Å². The highest BCUT2D eigenvalue weighted by atomic mass is 16.5. The molecule has 1 fully saturated rings. The largest absolute Gasteiger partial charge is 0.385 e. The fourth-order valence-electron chi connectivity index (χ4n) is 1.53. The highest BCUT2D eigenvalue weighted by Gasteiger charge is 2.28. The zero-order valence-corrected chi connectivity index (χ0v) is 8.23. The van der Waals surface area contributed by atoms with E-state index >= 15 is 0 Å². The molecule has 1 aliphatic rings. The molecule has 0 bridgehead atoms. The number of ether oxygens (including phenoxy) is 1. The SMILES string of the molecule is COCCCN1CC(N=C=O)CC1=O. The fourth-order valence-corrected chi connectivity index (χ4v) is 1.53. The normalized spacial score (nSPS) is 21.1. The summed E-state index contributed by atoms with van der Waals surface area (Å²) >= 11 is 0. The lowest BCUT2D eigenvalue weighted by atomic mass is 10.3. The first kappa shape index (κ1) is 10.9. The molecule has 5 heteroatoms. The predicted octanol–water partition coefficient (Wildman–Crippen LogP) is -0.0404. The van der Waals surface area contributed by atoms with Crippen LogP contribution in [0.15, 0.2) is 4.99 Å². The lowest BCUT2D eigenvalue weighted by Gasteiger charge is -2.14. The van der Waals surface area contributed by atoms with Crippen molar-refractivity contribution >= 4 is 12.0 Å². The smallest absolute Gasteiger partial charge is 0.235 e. The van der Waals surface area contributed by atoms with E-state index in [-0.39, 0.29) is 11.9 Å². The Balaban J connectivity index is 2.33. The van der Waals surface area contributed by atoms with Crippen LogP contribution in [0.5, 0.6) is 0 Å². The van der Waals surface area contributed by atoms with Gasteiger partial charge in [-0.25, -0.2) is 9.79 Å². The number of amides is 1. The summed E-state index contributed by atoms with van der Waals surface area (Å²) in [7, 11) is 1.63.